The summed E-state index contributed by atoms with van der Waals surface area (Å²) < 4.78 is 10.9. The number of carbonyl (C=O) groups is 1. The summed E-state index contributed by atoms with van der Waals surface area (Å²) in [6.07, 6.45) is 3.37. The van der Waals surface area contributed by atoms with Crippen molar-refractivity contribution in [3.05, 3.63) is 58.1 Å². The Balaban J connectivity index is 1.65. The highest BCUT2D eigenvalue weighted by molar-refractivity contribution is 6.32. The topological polar surface area (TPSA) is 42.0 Å². The number of amides is 1. The highest BCUT2D eigenvalue weighted by Crippen LogP contribution is 2.36. The summed E-state index contributed by atoms with van der Waals surface area (Å²) in [4.78, 5) is 16.9. The molecule has 0 aromatic heterocycles. The van der Waals surface area contributed by atoms with E-state index in [0.29, 0.717) is 36.2 Å². The smallest absolute Gasteiger partial charge is 0.246 e. The number of methoxy groups -OCH3 is 1. The summed E-state index contributed by atoms with van der Waals surface area (Å²) in [7, 11) is 1.56. The van der Waals surface area contributed by atoms with Gasteiger partial charge in [-0.15, -0.1) is 0 Å². The number of halogens is 1. The summed E-state index contributed by atoms with van der Waals surface area (Å²) in [5.74, 6) is 1.08. The molecule has 0 saturated carbocycles. The van der Waals surface area contributed by atoms with E-state index in [1.165, 1.54) is 16.8 Å². The van der Waals surface area contributed by atoms with Gasteiger partial charge in [0.15, 0.2) is 11.5 Å². The van der Waals surface area contributed by atoms with E-state index < -0.39 is 0 Å². The molecule has 1 aliphatic heterocycles. The van der Waals surface area contributed by atoms with E-state index in [-0.39, 0.29) is 5.91 Å². The van der Waals surface area contributed by atoms with Crippen LogP contribution in [0, 0.1) is 13.8 Å². The number of hydrogen-bond donors (Lipinski definition) is 0. The number of ether oxygens (including phenoxy) is 2. The molecule has 0 spiro atoms. The third kappa shape index (κ3) is 4.90. The minimum Gasteiger partial charge on any atom is -0.491 e. The van der Waals surface area contributed by atoms with Crippen molar-refractivity contribution < 1.29 is 14.3 Å². The van der Waals surface area contributed by atoms with Crippen molar-refractivity contribution in [3.63, 3.8) is 0 Å². The number of aryl methyl sites for hydroxylation is 1. The zero-order valence-corrected chi connectivity index (χ0v) is 18.8. The van der Waals surface area contributed by atoms with Gasteiger partial charge in [0.05, 0.1) is 18.7 Å². The normalized spacial score (nSPS) is 14.3. The molecule has 2 aromatic carbocycles. The molecule has 0 N–H and O–H groups in total. The number of hydrogen-bond acceptors (Lipinski definition) is 4. The molecule has 0 atom stereocenters. The number of anilines is 1. The molecule has 2 aromatic rings. The highest BCUT2D eigenvalue weighted by atomic mass is 35.5. The predicted octanol–water partition coefficient (Wildman–Crippen LogP) is 4.73. The molecule has 5 nitrogen and oxygen atoms in total. The molecular formula is C24H29ClN2O3. The molecule has 0 radical (unpaired) electrons. The Hall–Kier alpha value is -2.66. The Labute approximate surface area is 183 Å². The summed E-state index contributed by atoms with van der Waals surface area (Å²) >= 11 is 6.29. The van der Waals surface area contributed by atoms with Crippen LogP contribution in [0.2, 0.25) is 5.02 Å². The molecular weight excluding hydrogens is 400 g/mol. The van der Waals surface area contributed by atoms with Crippen molar-refractivity contribution >= 4 is 29.3 Å². The van der Waals surface area contributed by atoms with Crippen molar-refractivity contribution in [2.75, 3.05) is 44.8 Å². The second-order valence-corrected chi connectivity index (χ2v) is 7.74. The van der Waals surface area contributed by atoms with Gasteiger partial charge < -0.3 is 19.3 Å². The van der Waals surface area contributed by atoms with E-state index in [9.17, 15) is 4.79 Å². The SMILES string of the molecule is CCOc1cc(C=CC(=O)N2CCN(c3cccc(C)c3C)CC2)cc(Cl)c1OC. The van der Waals surface area contributed by atoms with Crippen LogP contribution in [-0.2, 0) is 4.79 Å². The van der Waals surface area contributed by atoms with Gasteiger partial charge in [0.25, 0.3) is 0 Å². The van der Waals surface area contributed by atoms with Crippen LogP contribution >= 0.6 is 11.6 Å². The number of nitrogens with zero attached hydrogens (tertiary/aromatic N) is 2. The quantitative estimate of drug-likeness (QED) is 0.624. The first-order chi connectivity index (χ1) is 14.4. The lowest BCUT2D eigenvalue weighted by molar-refractivity contribution is -0.126. The maximum absolute atomic E-state index is 12.7. The minimum atomic E-state index is 0.000476. The van der Waals surface area contributed by atoms with Crippen LogP contribution < -0.4 is 14.4 Å². The van der Waals surface area contributed by atoms with Gasteiger partial charge in [-0.1, -0.05) is 23.7 Å². The van der Waals surface area contributed by atoms with Gasteiger partial charge in [0.1, 0.15) is 0 Å². The monoisotopic (exact) mass is 428 g/mol. The van der Waals surface area contributed by atoms with Crippen molar-refractivity contribution in [2.24, 2.45) is 0 Å². The summed E-state index contributed by atoms with van der Waals surface area (Å²) in [5, 5.41) is 0.456. The molecule has 1 amide bonds. The van der Waals surface area contributed by atoms with Crippen LogP contribution in [0.25, 0.3) is 6.08 Å². The van der Waals surface area contributed by atoms with Gasteiger partial charge in [-0.25, -0.2) is 0 Å². The lowest BCUT2D eigenvalue weighted by Crippen LogP contribution is -2.48. The van der Waals surface area contributed by atoms with Gasteiger partial charge >= 0.3 is 0 Å². The zero-order valence-electron chi connectivity index (χ0n) is 18.1. The van der Waals surface area contributed by atoms with E-state index in [4.69, 9.17) is 21.1 Å². The first kappa shape index (κ1) is 22.0. The van der Waals surface area contributed by atoms with Gasteiger partial charge in [-0.05, 0) is 61.7 Å². The maximum Gasteiger partial charge on any atom is 0.246 e. The third-order valence-corrected chi connectivity index (χ3v) is 5.74. The van der Waals surface area contributed by atoms with Crippen molar-refractivity contribution in [2.45, 2.75) is 20.8 Å². The summed E-state index contributed by atoms with van der Waals surface area (Å²) in [6, 6.07) is 9.98. The largest absolute Gasteiger partial charge is 0.491 e. The Morgan fingerprint density at radius 2 is 1.90 bits per heavy atom. The second-order valence-electron chi connectivity index (χ2n) is 7.33. The zero-order chi connectivity index (χ0) is 21.7. The molecule has 0 unspecified atom stereocenters. The summed E-state index contributed by atoms with van der Waals surface area (Å²) in [5.41, 5.74) is 4.65. The van der Waals surface area contributed by atoms with E-state index in [1.54, 1.807) is 25.3 Å². The molecule has 1 saturated heterocycles. The van der Waals surface area contributed by atoms with Crippen molar-refractivity contribution in [1.29, 1.82) is 0 Å². The molecule has 160 valence electrons. The number of rotatable bonds is 6. The predicted molar refractivity (Wildman–Crippen MR) is 123 cm³/mol. The van der Waals surface area contributed by atoms with Crippen LogP contribution in [0.5, 0.6) is 11.5 Å². The molecule has 0 bridgehead atoms. The number of carbonyl (C=O) groups excluding carboxylic acids is 1. The average Bonchev–Trinajstić information content (AvgIpc) is 2.74. The van der Waals surface area contributed by atoms with Gasteiger partial charge in [0.2, 0.25) is 5.91 Å². The molecule has 1 heterocycles. The minimum absolute atomic E-state index is 0.000476. The van der Waals surface area contributed by atoms with Crippen LogP contribution in [-0.4, -0.2) is 50.7 Å². The van der Waals surface area contributed by atoms with E-state index in [0.717, 1.165) is 18.7 Å². The standard InChI is InChI=1S/C24H29ClN2O3/c1-5-30-22-16-19(15-20(25)24(22)29-4)9-10-23(28)27-13-11-26(12-14-27)21-8-6-7-17(2)18(21)3/h6-10,15-16H,5,11-14H2,1-4H3. The van der Waals surface area contributed by atoms with E-state index in [1.807, 2.05) is 17.9 Å². The fraction of sp³-hybridized carbons (Fsp3) is 0.375. The van der Waals surface area contributed by atoms with Crippen LogP contribution in [0.15, 0.2) is 36.4 Å². The fourth-order valence-electron chi connectivity index (χ4n) is 3.66. The molecule has 1 fully saturated rings. The van der Waals surface area contributed by atoms with Gasteiger partial charge in [-0.2, -0.15) is 0 Å². The molecule has 1 aliphatic rings. The Bertz CT molecular complexity index is 934. The first-order valence-corrected chi connectivity index (χ1v) is 10.6. The van der Waals surface area contributed by atoms with Gasteiger partial charge in [0, 0.05) is 37.9 Å². The van der Waals surface area contributed by atoms with Crippen LogP contribution in [0.4, 0.5) is 5.69 Å². The molecule has 3 rings (SSSR count). The third-order valence-electron chi connectivity index (χ3n) is 5.46. The summed E-state index contributed by atoms with van der Waals surface area (Å²) in [6.45, 7) is 9.74. The van der Waals surface area contributed by atoms with Crippen molar-refractivity contribution in [3.8, 4) is 11.5 Å². The Morgan fingerprint density at radius 3 is 2.57 bits per heavy atom. The Morgan fingerprint density at radius 1 is 1.17 bits per heavy atom. The highest BCUT2D eigenvalue weighted by Gasteiger charge is 2.21. The second kappa shape index (κ2) is 9.90. The lowest BCUT2D eigenvalue weighted by Gasteiger charge is -2.36. The fourth-order valence-corrected chi connectivity index (χ4v) is 3.96. The lowest BCUT2D eigenvalue weighted by atomic mass is 10.1. The van der Waals surface area contributed by atoms with Crippen LogP contribution in [0.3, 0.4) is 0 Å². The van der Waals surface area contributed by atoms with Crippen LogP contribution in [0.1, 0.15) is 23.6 Å². The number of piperazine rings is 1. The Kier molecular flexibility index (Phi) is 7.27. The van der Waals surface area contributed by atoms with E-state index >= 15 is 0 Å². The van der Waals surface area contributed by atoms with Gasteiger partial charge in [-0.3, -0.25) is 4.79 Å². The van der Waals surface area contributed by atoms with Crippen molar-refractivity contribution in [1.82, 2.24) is 4.90 Å². The van der Waals surface area contributed by atoms with E-state index in [2.05, 4.69) is 36.9 Å². The average molecular weight is 429 g/mol. The molecule has 6 heteroatoms. The first-order valence-electron chi connectivity index (χ1n) is 10.2. The number of benzene rings is 2. The molecule has 0 aliphatic carbocycles. The molecule has 30 heavy (non-hydrogen) atoms. The maximum atomic E-state index is 12.7.